The number of fused-ring (bicyclic) bond motifs is 8. The molecule has 7 rings (SSSR count). The van der Waals surface area contributed by atoms with E-state index in [1.807, 2.05) is 24.8 Å². The van der Waals surface area contributed by atoms with Gasteiger partial charge in [-0.15, -0.1) is 0 Å². The van der Waals surface area contributed by atoms with Crippen LogP contribution in [0.2, 0.25) is 0 Å². The van der Waals surface area contributed by atoms with E-state index in [2.05, 4.69) is 57.3 Å². The number of pyridine rings is 2. The molecule has 1 aliphatic carbocycles. The van der Waals surface area contributed by atoms with Gasteiger partial charge in [-0.05, 0) is 69.1 Å². The summed E-state index contributed by atoms with van der Waals surface area (Å²) in [5.74, 6) is 0. The summed E-state index contributed by atoms with van der Waals surface area (Å²) in [6.45, 7) is 0. The summed E-state index contributed by atoms with van der Waals surface area (Å²) in [5.41, 5.74) is 15.1. The van der Waals surface area contributed by atoms with E-state index in [0.717, 1.165) is 19.3 Å². The second-order valence-electron chi connectivity index (χ2n) is 7.92. The largest absolute Gasteiger partial charge is 0.308 e. The van der Waals surface area contributed by atoms with Gasteiger partial charge in [0, 0.05) is 31.4 Å². The van der Waals surface area contributed by atoms with Gasteiger partial charge in [-0.1, -0.05) is 24.3 Å². The fourth-order valence-electron chi connectivity index (χ4n) is 5.31. The van der Waals surface area contributed by atoms with Crippen molar-refractivity contribution >= 4 is 17.1 Å². The molecule has 0 saturated carbocycles. The van der Waals surface area contributed by atoms with Gasteiger partial charge in [0.25, 0.3) is 0 Å². The lowest BCUT2D eigenvalue weighted by Gasteiger charge is -2.39. The van der Waals surface area contributed by atoms with Crippen LogP contribution in [0.3, 0.4) is 0 Å². The Morgan fingerprint density at radius 1 is 0.643 bits per heavy atom. The fraction of sp³-hybridized carbons (Fsp3) is 0.120. The summed E-state index contributed by atoms with van der Waals surface area (Å²) in [6.07, 6.45) is 10.8. The number of anilines is 3. The van der Waals surface area contributed by atoms with Crippen LogP contribution in [-0.4, -0.2) is 9.97 Å². The molecule has 3 nitrogen and oxygen atoms in total. The third kappa shape index (κ3) is 1.74. The molecule has 2 aliphatic heterocycles. The van der Waals surface area contributed by atoms with Crippen molar-refractivity contribution in [1.29, 1.82) is 0 Å². The molecule has 132 valence electrons. The molecule has 0 N–H and O–H groups in total. The lowest BCUT2D eigenvalue weighted by atomic mass is 9.83. The van der Waals surface area contributed by atoms with Crippen molar-refractivity contribution in [2.24, 2.45) is 0 Å². The van der Waals surface area contributed by atoms with E-state index in [-0.39, 0.29) is 0 Å². The van der Waals surface area contributed by atoms with Gasteiger partial charge in [-0.3, -0.25) is 9.97 Å². The van der Waals surface area contributed by atoms with E-state index in [0.29, 0.717) is 0 Å². The maximum atomic E-state index is 4.44. The molecule has 4 aromatic rings. The number of benzene rings is 2. The highest BCUT2D eigenvalue weighted by Gasteiger charge is 2.35. The van der Waals surface area contributed by atoms with Gasteiger partial charge < -0.3 is 4.90 Å². The molecule has 0 bridgehead atoms. The molecule has 0 saturated heterocycles. The van der Waals surface area contributed by atoms with Crippen molar-refractivity contribution in [2.75, 3.05) is 4.90 Å². The average Bonchev–Trinajstić information content (AvgIpc) is 3.12. The number of hydrogen-bond donors (Lipinski definition) is 0. The normalized spacial score (nSPS) is 14.6. The van der Waals surface area contributed by atoms with Gasteiger partial charge in [0.1, 0.15) is 0 Å². The second-order valence-corrected chi connectivity index (χ2v) is 7.92. The first-order valence-corrected chi connectivity index (χ1v) is 9.80. The number of rotatable bonds is 0. The minimum absolute atomic E-state index is 0.953. The third-order valence-electron chi connectivity index (χ3n) is 6.49. The number of nitrogens with zero attached hydrogens (tertiary/aromatic N) is 3. The molecule has 3 aliphatic rings. The Morgan fingerprint density at radius 2 is 1.50 bits per heavy atom. The Balaban J connectivity index is 1.58. The van der Waals surface area contributed by atoms with E-state index in [4.69, 9.17) is 0 Å². The fourth-order valence-corrected chi connectivity index (χ4v) is 5.31. The summed E-state index contributed by atoms with van der Waals surface area (Å²) in [7, 11) is 0. The number of hydrogen-bond acceptors (Lipinski definition) is 3. The molecular weight excluding hydrogens is 342 g/mol. The molecule has 0 fully saturated rings. The average molecular weight is 359 g/mol. The summed E-state index contributed by atoms with van der Waals surface area (Å²) in [6, 6.07) is 15.6. The van der Waals surface area contributed by atoms with Crippen LogP contribution >= 0.6 is 0 Å². The molecule has 0 radical (unpaired) electrons. The van der Waals surface area contributed by atoms with E-state index >= 15 is 0 Å². The van der Waals surface area contributed by atoms with Gasteiger partial charge in [0.2, 0.25) is 0 Å². The first kappa shape index (κ1) is 14.6. The Morgan fingerprint density at radius 3 is 2.50 bits per heavy atom. The molecular formula is C25H17N3. The smallest absolute Gasteiger partial charge is 0.0680 e. The molecule has 2 aromatic carbocycles. The van der Waals surface area contributed by atoms with Gasteiger partial charge >= 0.3 is 0 Å². The van der Waals surface area contributed by atoms with Crippen LogP contribution in [0, 0.1) is 0 Å². The van der Waals surface area contributed by atoms with Gasteiger partial charge in [-0.2, -0.15) is 0 Å². The van der Waals surface area contributed by atoms with Crippen molar-refractivity contribution < 1.29 is 0 Å². The van der Waals surface area contributed by atoms with Gasteiger partial charge in [-0.25, -0.2) is 0 Å². The third-order valence-corrected chi connectivity index (χ3v) is 6.49. The van der Waals surface area contributed by atoms with Crippen molar-refractivity contribution in [3.63, 3.8) is 0 Å². The van der Waals surface area contributed by atoms with Crippen LogP contribution in [-0.2, 0) is 19.3 Å². The summed E-state index contributed by atoms with van der Waals surface area (Å²) in [4.78, 5) is 11.3. The van der Waals surface area contributed by atoms with Crippen LogP contribution in [0.4, 0.5) is 17.1 Å². The lowest BCUT2D eigenvalue weighted by molar-refractivity contribution is 0.977. The molecule has 4 heterocycles. The summed E-state index contributed by atoms with van der Waals surface area (Å²) >= 11 is 0. The molecule has 0 spiro atoms. The quantitative estimate of drug-likeness (QED) is 0.367. The maximum absolute atomic E-state index is 4.44. The highest BCUT2D eigenvalue weighted by molar-refractivity contribution is 5.93. The topological polar surface area (TPSA) is 29.0 Å². The minimum atomic E-state index is 0.953. The van der Waals surface area contributed by atoms with Crippen molar-refractivity contribution in [3.8, 4) is 11.1 Å². The predicted molar refractivity (Wildman–Crippen MR) is 111 cm³/mol. The monoisotopic (exact) mass is 359 g/mol. The first-order valence-electron chi connectivity index (χ1n) is 9.80. The molecule has 2 aromatic heterocycles. The van der Waals surface area contributed by atoms with Crippen molar-refractivity contribution in [3.05, 3.63) is 101 Å². The molecule has 0 unspecified atom stereocenters. The highest BCUT2D eigenvalue weighted by atomic mass is 15.2. The summed E-state index contributed by atoms with van der Waals surface area (Å²) in [5, 5.41) is 0. The minimum Gasteiger partial charge on any atom is -0.308 e. The standard InChI is InChI=1S/C25H17N3/c1-2-4-19-15(3-1)10-21-20(19)11-17-9-16-5-7-27-14-24(16)28-23-6-8-26-13-18(23)12-22(21)25(17)28/h1-8,11,13-14H,9-10,12H2. The molecule has 28 heavy (non-hydrogen) atoms. The zero-order valence-corrected chi connectivity index (χ0v) is 15.3. The van der Waals surface area contributed by atoms with Crippen LogP contribution in [0.15, 0.2) is 67.3 Å². The highest BCUT2D eigenvalue weighted by Crippen LogP contribution is 2.54. The summed E-state index contributed by atoms with van der Waals surface area (Å²) < 4.78 is 0. The molecule has 3 heteroatoms. The van der Waals surface area contributed by atoms with Crippen LogP contribution in [0.25, 0.3) is 11.1 Å². The van der Waals surface area contributed by atoms with Crippen LogP contribution in [0.1, 0.15) is 33.4 Å². The maximum Gasteiger partial charge on any atom is 0.0680 e. The van der Waals surface area contributed by atoms with E-state index in [9.17, 15) is 0 Å². The zero-order valence-electron chi connectivity index (χ0n) is 15.3. The Kier molecular flexibility index (Phi) is 2.64. The van der Waals surface area contributed by atoms with Crippen LogP contribution < -0.4 is 4.90 Å². The SMILES string of the molecule is c1ccc2c(c1)Cc1c-2cc2c3c1Cc1cnccc1N3c1cnccc1C2. The van der Waals surface area contributed by atoms with Crippen molar-refractivity contribution in [2.45, 2.75) is 19.3 Å². The van der Waals surface area contributed by atoms with E-state index in [1.165, 1.54) is 61.6 Å². The van der Waals surface area contributed by atoms with E-state index in [1.54, 1.807) is 0 Å². The van der Waals surface area contributed by atoms with Crippen LogP contribution in [0.5, 0.6) is 0 Å². The Bertz CT molecular complexity index is 1290. The zero-order chi connectivity index (χ0) is 18.2. The van der Waals surface area contributed by atoms with Crippen molar-refractivity contribution in [1.82, 2.24) is 9.97 Å². The van der Waals surface area contributed by atoms with Gasteiger partial charge in [0.05, 0.1) is 23.3 Å². The predicted octanol–water partition coefficient (Wildman–Crippen LogP) is 5.33. The first-order chi connectivity index (χ1) is 13.9. The van der Waals surface area contributed by atoms with Gasteiger partial charge in [0.15, 0.2) is 0 Å². The Labute approximate surface area is 163 Å². The second kappa shape index (κ2) is 5.08. The number of aromatic nitrogens is 2. The molecule has 0 atom stereocenters. The van der Waals surface area contributed by atoms with E-state index < -0.39 is 0 Å². The Hall–Kier alpha value is -3.46. The molecule has 0 amide bonds. The lowest BCUT2D eigenvalue weighted by Crippen LogP contribution is -2.25.